The Morgan fingerprint density at radius 2 is 1.90 bits per heavy atom. The maximum absolute atomic E-state index is 12.5. The molecule has 7 nitrogen and oxygen atoms in total. The smallest absolute Gasteiger partial charge is 0.338 e. The van der Waals surface area contributed by atoms with E-state index in [9.17, 15) is 13.2 Å². The summed E-state index contributed by atoms with van der Waals surface area (Å²) in [7, 11) is -1.19. The summed E-state index contributed by atoms with van der Waals surface area (Å²) in [6.45, 7) is 3.87. The summed E-state index contributed by atoms with van der Waals surface area (Å²) in [5, 5.41) is 1.14. The molecular formula is C21H21ClN2O5S. The zero-order valence-electron chi connectivity index (χ0n) is 16.9. The lowest BCUT2D eigenvalue weighted by Crippen LogP contribution is -2.20. The quantitative estimate of drug-likeness (QED) is 0.455. The van der Waals surface area contributed by atoms with Crippen LogP contribution >= 0.6 is 11.6 Å². The second kappa shape index (κ2) is 8.59. The van der Waals surface area contributed by atoms with Crippen molar-refractivity contribution in [1.29, 1.82) is 0 Å². The lowest BCUT2D eigenvalue weighted by Gasteiger charge is -2.12. The Balaban J connectivity index is 1.86. The van der Waals surface area contributed by atoms with E-state index in [0.29, 0.717) is 5.56 Å². The van der Waals surface area contributed by atoms with Crippen molar-refractivity contribution in [2.24, 2.45) is 0 Å². The van der Waals surface area contributed by atoms with Gasteiger partial charge in [-0.3, -0.25) is 0 Å². The molecule has 30 heavy (non-hydrogen) atoms. The number of nitrogens with one attached hydrogen (secondary N) is 1. The zero-order valence-corrected chi connectivity index (χ0v) is 18.5. The summed E-state index contributed by atoms with van der Waals surface area (Å²) in [6.07, 6.45) is 0. The van der Waals surface area contributed by atoms with Gasteiger partial charge in [0.05, 0.1) is 18.2 Å². The van der Waals surface area contributed by atoms with E-state index in [0.717, 1.165) is 22.0 Å². The van der Waals surface area contributed by atoms with Crippen LogP contribution in [0.15, 0.2) is 41.3 Å². The van der Waals surface area contributed by atoms with Crippen LogP contribution in [0.1, 0.15) is 27.0 Å². The molecule has 0 amide bonds. The first-order valence-corrected chi connectivity index (χ1v) is 10.9. The number of benzene rings is 2. The summed E-state index contributed by atoms with van der Waals surface area (Å²) in [5.74, 6) is -0.574. The monoisotopic (exact) mass is 448 g/mol. The van der Waals surface area contributed by atoms with Crippen molar-refractivity contribution in [2.45, 2.75) is 25.3 Å². The largest absolute Gasteiger partial charge is 0.495 e. The molecule has 0 radical (unpaired) electrons. The maximum atomic E-state index is 12.5. The van der Waals surface area contributed by atoms with Crippen molar-refractivity contribution in [3.8, 4) is 5.75 Å². The number of esters is 1. The Labute approximate surface area is 180 Å². The first kappa shape index (κ1) is 22.0. The van der Waals surface area contributed by atoms with E-state index < -0.39 is 16.0 Å². The van der Waals surface area contributed by atoms with Crippen molar-refractivity contribution >= 4 is 38.5 Å². The lowest BCUT2D eigenvalue weighted by atomic mass is 10.0. The van der Waals surface area contributed by atoms with Crippen LogP contribution in [-0.4, -0.2) is 33.5 Å². The van der Waals surface area contributed by atoms with E-state index in [1.165, 1.54) is 32.4 Å². The third-order valence-corrected chi connectivity index (χ3v) is 6.62. The second-order valence-electron chi connectivity index (χ2n) is 6.67. The van der Waals surface area contributed by atoms with E-state index in [2.05, 4.69) is 9.71 Å². The standard InChI is InChI=1S/C21H21ClN2O5S/c1-12-5-6-14-9-16(20(22)24-19(14)13(12)2)11-29-21(25)15-7-8-17(28-4)18(10-15)30(26,27)23-3/h5-10,23H,11H2,1-4H3. The molecule has 0 saturated heterocycles. The first-order valence-electron chi connectivity index (χ1n) is 9.02. The average molecular weight is 449 g/mol. The van der Waals surface area contributed by atoms with Crippen LogP contribution in [0.3, 0.4) is 0 Å². The highest BCUT2D eigenvalue weighted by Gasteiger charge is 2.21. The molecule has 3 aromatic rings. The molecule has 0 atom stereocenters. The zero-order chi connectivity index (χ0) is 22.1. The van der Waals surface area contributed by atoms with Crippen LogP contribution in [0.5, 0.6) is 5.75 Å². The van der Waals surface area contributed by atoms with Crippen LogP contribution in [0.4, 0.5) is 0 Å². The van der Waals surface area contributed by atoms with E-state index >= 15 is 0 Å². The fraction of sp³-hybridized carbons (Fsp3) is 0.238. The van der Waals surface area contributed by atoms with Gasteiger partial charge in [-0.05, 0) is 56.3 Å². The minimum atomic E-state index is -3.82. The Morgan fingerprint density at radius 1 is 1.17 bits per heavy atom. The van der Waals surface area contributed by atoms with E-state index in [4.69, 9.17) is 21.1 Å². The molecule has 0 bridgehead atoms. The summed E-state index contributed by atoms with van der Waals surface area (Å²) in [4.78, 5) is 16.8. The van der Waals surface area contributed by atoms with Gasteiger partial charge in [0.2, 0.25) is 10.0 Å². The number of carbonyl (C=O) groups is 1. The van der Waals surface area contributed by atoms with Crippen molar-refractivity contribution < 1.29 is 22.7 Å². The molecule has 158 valence electrons. The van der Waals surface area contributed by atoms with Crippen LogP contribution in [0.2, 0.25) is 5.15 Å². The van der Waals surface area contributed by atoms with Gasteiger partial charge in [0.1, 0.15) is 22.4 Å². The average Bonchev–Trinajstić information content (AvgIpc) is 2.74. The molecule has 0 aliphatic rings. The summed E-state index contributed by atoms with van der Waals surface area (Å²) in [5.41, 5.74) is 3.57. The Hall–Kier alpha value is -2.68. The number of hydrogen-bond donors (Lipinski definition) is 1. The van der Waals surface area contributed by atoms with Crippen LogP contribution in [0.25, 0.3) is 10.9 Å². The van der Waals surface area contributed by atoms with Crippen LogP contribution in [0, 0.1) is 13.8 Å². The molecule has 0 spiro atoms. The number of halogens is 1. The molecule has 0 aliphatic heterocycles. The topological polar surface area (TPSA) is 94.6 Å². The highest BCUT2D eigenvalue weighted by Crippen LogP contribution is 2.27. The third kappa shape index (κ3) is 4.26. The van der Waals surface area contributed by atoms with E-state index in [1.54, 1.807) is 0 Å². The highest BCUT2D eigenvalue weighted by atomic mass is 35.5. The number of carbonyl (C=O) groups excluding carboxylic acids is 1. The van der Waals surface area contributed by atoms with Gasteiger partial charge in [0.25, 0.3) is 0 Å². The number of nitrogens with zero attached hydrogens (tertiary/aromatic N) is 1. The molecule has 0 unspecified atom stereocenters. The number of aryl methyl sites for hydroxylation is 2. The van der Waals surface area contributed by atoms with E-state index in [1.807, 2.05) is 32.0 Å². The molecule has 2 aromatic carbocycles. The molecule has 3 rings (SSSR count). The van der Waals surface area contributed by atoms with Crippen molar-refractivity contribution in [3.63, 3.8) is 0 Å². The first-order chi connectivity index (χ1) is 14.2. The maximum Gasteiger partial charge on any atom is 0.338 e. The molecule has 1 heterocycles. The Morgan fingerprint density at radius 3 is 2.57 bits per heavy atom. The molecule has 0 aliphatic carbocycles. The number of pyridine rings is 1. The second-order valence-corrected chi connectivity index (χ2v) is 8.88. The van der Waals surface area contributed by atoms with Gasteiger partial charge in [-0.15, -0.1) is 0 Å². The van der Waals surface area contributed by atoms with Crippen LogP contribution < -0.4 is 9.46 Å². The molecular weight excluding hydrogens is 428 g/mol. The number of methoxy groups -OCH3 is 1. The van der Waals surface area contributed by atoms with Crippen molar-refractivity contribution in [3.05, 3.63) is 63.8 Å². The molecule has 1 aromatic heterocycles. The summed E-state index contributed by atoms with van der Waals surface area (Å²) < 4.78 is 37.0. The number of rotatable bonds is 6. The fourth-order valence-corrected chi connectivity index (χ4v) is 4.07. The lowest BCUT2D eigenvalue weighted by molar-refractivity contribution is 0.0472. The Bertz CT molecular complexity index is 1240. The predicted molar refractivity (Wildman–Crippen MR) is 115 cm³/mol. The van der Waals surface area contributed by atoms with Gasteiger partial charge >= 0.3 is 5.97 Å². The number of hydrogen-bond acceptors (Lipinski definition) is 6. The van der Waals surface area contributed by atoms with Crippen molar-refractivity contribution in [1.82, 2.24) is 9.71 Å². The predicted octanol–water partition coefficient (Wildman–Crippen LogP) is 3.78. The van der Waals surface area contributed by atoms with Gasteiger partial charge in [-0.1, -0.05) is 23.7 Å². The molecule has 9 heteroatoms. The van der Waals surface area contributed by atoms with Crippen molar-refractivity contribution in [2.75, 3.05) is 14.2 Å². The van der Waals surface area contributed by atoms with E-state index in [-0.39, 0.29) is 28.0 Å². The van der Waals surface area contributed by atoms with Crippen LogP contribution in [-0.2, 0) is 21.4 Å². The normalized spacial score (nSPS) is 11.5. The fourth-order valence-electron chi connectivity index (χ4n) is 2.96. The van der Waals surface area contributed by atoms with Gasteiger partial charge in [0.15, 0.2) is 0 Å². The minimum Gasteiger partial charge on any atom is -0.495 e. The molecule has 1 N–H and O–H groups in total. The summed E-state index contributed by atoms with van der Waals surface area (Å²) in [6, 6.07) is 9.79. The van der Waals surface area contributed by atoms with Gasteiger partial charge in [-0.2, -0.15) is 0 Å². The number of sulfonamides is 1. The summed E-state index contributed by atoms with van der Waals surface area (Å²) >= 11 is 6.29. The number of aromatic nitrogens is 1. The SMILES string of the molecule is CNS(=O)(=O)c1cc(C(=O)OCc2cc3ccc(C)c(C)c3nc2Cl)ccc1OC. The van der Waals surface area contributed by atoms with Gasteiger partial charge < -0.3 is 9.47 Å². The van der Waals surface area contributed by atoms with Gasteiger partial charge in [0, 0.05) is 10.9 Å². The molecule has 0 saturated carbocycles. The highest BCUT2D eigenvalue weighted by molar-refractivity contribution is 7.89. The molecule has 0 fully saturated rings. The minimum absolute atomic E-state index is 0.0703. The number of fused-ring (bicyclic) bond motifs is 1. The number of ether oxygens (including phenoxy) is 2. The van der Waals surface area contributed by atoms with Gasteiger partial charge in [-0.25, -0.2) is 22.9 Å². The third-order valence-electron chi connectivity index (χ3n) is 4.85. The Kier molecular flexibility index (Phi) is 6.30.